The Kier molecular flexibility index (Phi) is 6.87. The van der Waals surface area contributed by atoms with Gasteiger partial charge in [0.2, 0.25) is 5.91 Å². The van der Waals surface area contributed by atoms with Crippen LogP contribution < -0.4 is 15.5 Å². The molecule has 138 valence electrons. The highest BCUT2D eigenvalue weighted by Crippen LogP contribution is 2.21. The molecule has 0 aromatic carbocycles. The number of carbonyl (C=O) groups excluding carboxylic acids is 1. The summed E-state index contributed by atoms with van der Waals surface area (Å²) in [5, 5.41) is 7.08. The van der Waals surface area contributed by atoms with Crippen LogP contribution in [0.5, 0.6) is 0 Å². The molecule has 24 heavy (non-hydrogen) atoms. The number of amides is 1. The van der Waals surface area contributed by atoms with Gasteiger partial charge in [0.05, 0.1) is 26.2 Å². The van der Waals surface area contributed by atoms with Crippen molar-refractivity contribution in [3.05, 3.63) is 0 Å². The van der Waals surface area contributed by atoms with Crippen molar-refractivity contribution in [2.45, 2.75) is 65.0 Å². The molecule has 1 amide bonds. The van der Waals surface area contributed by atoms with E-state index in [1.54, 1.807) is 4.90 Å². The summed E-state index contributed by atoms with van der Waals surface area (Å²) in [4.78, 5) is 15.9. The summed E-state index contributed by atoms with van der Waals surface area (Å²) in [5.74, 6) is 0.968. The number of rotatable bonds is 6. The van der Waals surface area contributed by atoms with E-state index >= 15 is 0 Å². The fourth-order valence-corrected chi connectivity index (χ4v) is 4.41. The first-order valence-electron chi connectivity index (χ1n) is 9.46. The van der Waals surface area contributed by atoms with Gasteiger partial charge >= 0.3 is 0 Å². The standard InChI is InChI=1S/C18H34N4OS/c1-14-6-10-21(11-7-14)9-5-8-19-16(23)13-22-15(2)12-18(3,4)20-17(22)24/h14-15H,5-13H2,1-4H3,(H,19,23)(H,20,24)/p+1. The molecule has 0 aliphatic carbocycles. The van der Waals surface area contributed by atoms with E-state index in [1.165, 1.54) is 32.5 Å². The minimum Gasteiger partial charge on any atom is -0.358 e. The number of thiocarbonyl (C=S) groups is 1. The lowest BCUT2D eigenvalue weighted by Crippen LogP contribution is -3.13. The van der Waals surface area contributed by atoms with Gasteiger partial charge in [-0.05, 0) is 58.2 Å². The lowest BCUT2D eigenvalue weighted by atomic mass is 9.93. The van der Waals surface area contributed by atoms with Crippen molar-refractivity contribution in [1.29, 1.82) is 0 Å². The fraction of sp³-hybridized carbons (Fsp3) is 0.889. The minimum absolute atomic E-state index is 0.0121. The van der Waals surface area contributed by atoms with Crippen LogP contribution in [0.4, 0.5) is 0 Å². The summed E-state index contributed by atoms with van der Waals surface area (Å²) in [6, 6.07) is 0.291. The van der Waals surface area contributed by atoms with E-state index in [-0.39, 0.29) is 11.4 Å². The van der Waals surface area contributed by atoms with Crippen LogP contribution >= 0.6 is 12.2 Å². The van der Waals surface area contributed by atoms with E-state index in [0.29, 0.717) is 17.7 Å². The normalized spacial score (nSPS) is 29.9. The quantitative estimate of drug-likeness (QED) is 0.481. The van der Waals surface area contributed by atoms with Crippen LogP contribution in [0.15, 0.2) is 0 Å². The molecule has 3 N–H and O–H groups in total. The molecule has 6 heteroatoms. The molecule has 2 aliphatic heterocycles. The predicted octanol–water partition coefficient (Wildman–Crippen LogP) is 0.555. The van der Waals surface area contributed by atoms with Crippen LogP contribution in [0.3, 0.4) is 0 Å². The highest BCUT2D eigenvalue weighted by Gasteiger charge is 2.33. The number of nitrogens with zero attached hydrogens (tertiary/aromatic N) is 1. The average Bonchev–Trinajstić information content (AvgIpc) is 2.48. The molecule has 5 nitrogen and oxygen atoms in total. The number of quaternary nitrogens is 1. The smallest absolute Gasteiger partial charge is 0.239 e. The molecule has 0 spiro atoms. The van der Waals surface area contributed by atoms with Crippen molar-refractivity contribution < 1.29 is 9.69 Å². The Labute approximate surface area is 152 Å². The molecule has 0 aromatic heterocycles. The van der Waals surface area contributed by atoms with Gasteiger partial charge < -0.3 is 20.4 Å². The number of carbonyl (C=O) groups is 1. The summed E-state index contributed by atoms with van der Waals surface area (Å²) in [6.07, 6.45) is 4.72. The van der Waals surface area contributed by atoms with Crippen LogP contribution in [0.2, 0.25) is 0 Å². The van der Waals surface area contributed by atoms with Gasteiger partial charge in [0, 0.05) is 24.5 Å². The monoisotopic (exact) mass is 355 g/mol. The first kappa shape index (κ1) is 19.4. The Morgan fingerprint density at radius 2 is 2.04 bits per heavy atom. The van der Waals surface area contributed by atoms with Crippen LogP contribution in [0.25, 0.3) is 0 Å². The zero-order valence-electron chi connectivity index (χ0n) is 15.8. The van der Waals surface area contributed by atoms with Gasteiger partial charge in [-0.2, -0.15) is 0 Å². The molecule has 1 unspecified atom stereocenters. The van der Waals surface area contributed by atoms with E-state index in [2.05, 4.69) is 38.3 Å². The molecule has 2 fully saturated rings. The van der Waals surface area contributed by atoms with E-state index in [0.717, 1.165) is 25.3 Å². The number of hydrogen-bond acceptors (Lipinski definition) is 2. The summed E-state index contributed by atoms with van der Waals surface area (Å²) in [6.45, 7) is 13.7. The third-order valence-corrected chi connectivity index (χ3v) is 5.71. The molecule has 2 heterocycles. The topological polar surface area (TPSA) is 48.8 Å². The Morgan fingerprint density at radius 1 is 1.38 bits per heavy atom. The molecule has 2 aliphatic rings. The zero-order chi connectivity index (χ0) is 17.7. The number of nitrogens with one attached hydrogen (secondary N) is 3. The lowest BCUT2D eigenvalue weighted by molar-refractivity contribution is -0.906. The molecule has 1 atom stereocenters. The summed E-state index contributed by atoms with van der Waals surface area (Å²) in [7, 11) is 0. The molecule has 0 saturated carbocycles. The van der Waals surface area contributed by atoms with Crippen molar-refractivity contribution in [1.82, 2.24) is 15.5 Å². The number of likely N-dealkylation sites (tertiary alicyclic amines) is 1. The molecular weight excluding hydrogens is 320 g/mol. The Hall–Kier alpha value is -0.880. The molecule has 0 aromatic rings. The maximum atomic E-state index is 12.2. The number of piperidine rings is 1. The zero-order valence-corrected chi connectivity index (χ0v) is 16.6. The fourth-order valence-electron chi connectivity index (χ4n) is 3.89. The number of hydrogen-bond donors (Lipinski definition) is 3. The van der Waals surface area contributed by atoms with Crippen LogP contribution in [0, 0.1) is 5.92 Å². The Morgan fingerprint density at radius 3 is 2.67 bits per heavy atom. The summed E-state index contributed by atoms with van der Waals surface area (Å²) in [5.41, 5.74) is 0.0121. The van der Waals surface area contributed by atoms with E-state index in [1.807, 2.05) is 4.90 Å². The Balaban J connectivity index is 1.63. The van der Waals surface area contributed by atoms with E-state index in [9.17, 15) is 4.79 Å². The summed E-state index contributed by atoms with van der Waals surface area (Å²) >= 11 is 5.43. The highest BCUT2D eigenvalue weighted by molar-refractivity contribution is 7.80. The SMILES string of the molecule is CC1CC[NH+](CCCNC(=O)CN2C(=S)NC(C)(C)CC2C)CC1. The second kappa shape index (κ2) is 8.48. The van der Waals surface area contributed by atoms with Crippen molar-refractivity contribution >= 4 is 23.2 Å². The van der Waals surface area contributed by atoms with Crippen LogP contribution in [-0.4, -0.2) is 60.2 Å². The highest BCUT2D eigenvalue weighted by atomic mass is 32.1. The van der Waals surface area contributed by atoms with Gasteiger partial charge in [0.1, 0.15) is 0 Å². The average molecular weight is 356 g/mol. The first-order valence-corrected chi connectivity index (χ1v) is 9.87. The third kappa shape index (κ3) is 5.88. The molecule has 0 radical (unpaired) electrons. The molecule has 2 saturated heterocycles. The third-order valence-electron chi connectivity index (χ3n) is 5.37. The maximum Gasteiger partial charge on any atom is 0.239 e. The van der Waals surface area contributed by atoms with Crippen molar-refractivity contribution in [2.75, 3.05) is 32.7 Å². The second-order valence-corrected chi connectivity index (χ2v) is 8.77. The van der Waals surface area contributed by atoms with Crippen molar-refractivity contribution in [3.8, 4) is 0 Å². The minimum atomic E-state index is 0.0121. The van der Waals surface area contributed by atoms with Crippen LogP contribution in [-0.2, 0) is 4.79 Å². The maximum absolute atomic E-state index is 12.2. The Bertz CT molecular complexity index is 446. The molecule has 2 rings (SSSR count). The predicted molar refractivity (Wildman–Crippen MR) is 102 cm³/mol. The van der Waals surface area contributed by atoms with Gasteiger partial charge in [-0.25, -0.2) is 0 Å². The van der Waals surface area contributed by atoms with Gasteiger partial charge in [-0.1, -0.05) is 6.92 Å². The van der Waals surface area contributed by atoms with E-state index < -0.39 is 0 Å². The van der Waals surface area contributed by atoms with Gasteiger partial charge in [-0.15, -0.1) is 0 Å². The summed E-state index contributed by atoms with van der Waals surface area (Å²) < 4.78 is 0. The van der Waals surface area contributed by atoms with E-state index in [4.69, 9.17) is 12.2 Å². The molecule has 0 bridgehead atoms. The lowest BCUT2D eigenvalue weighted by Gasteiger charge is -2.44. The van der Waals surface area contributed by atoms with Gasteiger partial charge in [0.15, 0.2) is 5.11 Å². The second-order valence-electron chi connectivity index (χ2n) is 8.38. The van der Waals surface area contributed by atoms with Crippen molar-refractivity contribution in [3.63, 3.8) is 0 Å². The largest absolute Gasteiger partial charge is 0.358 e. The van der Waals surface area contributed by atoms with Crippen LogP contribution in [0.1, 0.15) is 53.4 Å². The first-order chi connectivity index (χ1) is 11.3. The van der Waals surface area contributed by atoms with Crippen molar-refractivity contribution in [2.24, 2.45) is 5.92 Å². The van der Waals surface area contributed by atoms with Gasteiger partial charge in [0.25, 0.3) is 0 Å². The molecular formula is C18H35N4OS+. The van der Waals surface area contributed by atoms with Gasteiger partial charge in [-0.3, -0.25) is 4.79 Å².